The third-order valence-electron chi connectivity index (χ3n) is 3.49. The van der Waals surface area contributed by atoms with Crippen molar-refractivity contribution in [1.29, 1.82) is 0 Å². The molecule has 1 rings (SSSR count). The molecule has 0 bridgehead atoms. The smallest absolute Gasteiger partial charge is 0.306 e. The zero-order valence-electron chi connectivity index (χ0n) is 11.0. The average Bonchev–Trinajstić information content (AvgIpc) is 2.34. The maximum Gasteiger partial charge on any atom is 0.306 e. The van der Waals surface area contributed by atoms with Crippen LogP contribution >= 0.6 is 11.6 Å². The zero-order valence-corrected chi connectivity index (χ0v) is 11.8. The number of halogens is 1. The van der Waals surface area contributed by atoms with Crippen LogP contribution in [-0.4, -0.2) is 11.1 Å². The van der Waals surface area contributed by atoms with Crippen LogP contribution in [-0.2, 0) is 11.2 Å². The van der Waals surface area contributed by atoms with Crippen LogP contribution in [0.3, 0.4) is 0 Å². The monoisotopic (exact) mass is 268 g/mol. The molecule has 0 aliphatic carbocycles. The number of carboxylic acids is 1. The Balaban J connectivity index is 2.71. The second kappa shape index (κ2) is 7.42. The first-order chi connectivity index (χ1) is 8.56. The molecule has 1 N–H and O–H groups in total. The van der Waals surface area contributed by atoms with E-state index in [2.05, 4.69) is 13.8 Å². The minimum Gasteiger partial charge on any atom is -0.481 e. The molecule has 1 aromatic carbocycles. The third kappa shape index (κ3) is 4.69. The summed E-state index contributed by atoms with van der Waals surface area (Å²) in [5, 5.41) is 9.98. The van der Waals surface area contributed by atoms with E-state index in [0.29, 0.717) is 17.4 Å². The molecule has 0 radical (unpaired) electrons. The van der Waals surface area contributed by atoms with Gasteiger partial charge in [0.05, 0.1) is 5.92 Å². The Morgan fingerprint density at radius 3 is 2.50 bits per heavy atom. The highest BCUT2D eigenvalue weighted by molar-refractivity contribution is 6.30. The summed E-state index contributed by atoms with van der Waals surface area (Å²) in [7, 11) is 0. The van der Waals surface area contributed by atoms with E-state index in [1.54, 1.807) is 0 Å². The van der Waals surface area contributed by atoms with Crippen molar-refractivity contribution in [3.63, 3.8) is 0 Å². The second-order valence-corrected chi connectivity index (χ2v) is 5.22. The molecule has 0 fully saturated rings. The standard InChI is InChI=1S/C15H21ClO2/c1-3-11(4-2)8-13(15(17)18)9-12-6-5-7-14(16)10-12/h5-7,10-11,13H,3-4,8-9H2,1-2H3,(H,17,18). The highest BCUT2D eigenvalue weighted by Crippen LogP contribution is 2.23. The summed E-state index contributed by atoms with van der Waals surface area (Å²) < 4.78 is 0. The van der Waals surface area contributed by atoms with Gasteiger partial charge in [-0.3, -0.25) is 4.79 Å². The minimum atomic E-state index is -0.707. The lowest BCUT2D eigenvalue weighted by atomic mass is 9.87. The van der Waals surface area contributed by atoms with Gasteiger partial charge in [0.15, 0.2) is 0 Å². The van der Waals surface area contributed by atoms with E-state index in [9.17, 15) is 9.90 Å². The van der Waals surface area contributed by atoms with E-state index in [1.165, 1.54) is 0 Å². The van der Waals surface area contributed by atoms with Crippen molar-refractivity contribution in [2.45, 2.75) is 39.5 Å². The Kier molecular flexibility index (Phi) is 6.20. The van der Waals surface area contributed by atoms with Crippen LogP contribution in [0, 0.1) is 11.8 Å². The second-order valence-electron chi connectivity index (χ2n) is 4.79. The summed E-state index contributed by atoms with van der Waals surface area (Å²) in [5.41, 5.74) is 1.00. The van der Waals surface area contributed by atoms with E-state index >= 15 is 0 Å². The maximum absolute atomic E-state index is 11.3. The Morgan fingerprint density at radius 1 is 1.33 bits per heavy atom. The van der Waals surface area contributed by atoms with Crippen LogP contribution < -0.4 is 0 Å². The molecule has 1 aromatic rings. The number of aliphatic carboxylic acids is 1. The molecule has 2 nitrogen and oxygen atoms in total. The van der Waals surface area contributed by atoms with Crippen molar-refractivity contribution in [2.75, 3.05) is 0 Å². The number of hydrogen-bond acceptors (Lipinski definition) is 1. The van der Waals surface area contributed by atoms with Crippen LogP contribution in [0.5, 0.6) is 0 Å². The van der Waals surface area contributed by atoms with Crippen LogP contribution in [0.2, 0.25) is 5.02 Å². The summed E-state index contributed by atoms with van der Waals surface area (Å²) in [6.07, 6.45) is 3.38. The Morgan fingerprint density at radius 2 is 2.00 bits per heavy atom. The summed E-state index contributed by atoms with van der Waals surface area (Å²) in [6.45, 7) is 4.24. The van der Waals surface area contributed by atoms with Crippen molar-refractivity contribution in [3.05, 3.63) is 34.9 Å². The number of carbonyl (C=O) groups is 1. The summed E-state index contributed by atoms with van der Waals surface area (Å²) >= 11 is 5.92. The van der Waals surface area contributed by atoms with Gasteiger partial charge in [0.2, 0.25) is 0 Å². The van der Waals surface area contributed by atoms with Crippen LogP contribution in [0.25, 0.3) is 0 Å². The van der Waals surface area contributed by atoms with Crippen LogP contribution in [0.4, 0.5) is 0 Å². The maximum atomic E-state index is 11.3. The summed E-state index contributed by atoms with van der Waals surface area (Å²) in [5.74, 6) is -0.527. The fraction of sp³-hybridized carbons (Fsp3) is 0.533. The van der Waals surface area contributed by atoms with E-state index in [0.717, 1.165) is 24.8 Å². The SMILES string of the molecule is CCC(CC)CC(Cc1cccc(Cl)c1)C(=O)O. The number of hydrogen-bond donors (Lipinski definition) is 1. The third-order valence-corrected chi connectivity index (χ3v) is 3.73. The molecule has 0 aromatic heterocycles. The minimum absolute atomic E-state index is 0.312. The molecule has 18 heavy (non-hydrogen) atoms. The van der Waals surface area contributed by atoms with Crippen molar-refractivity contribution in [2.24, 2.45) is 11.8 Å². The number of carboxylic acid groups (broad SMARTS) is 1. The van der Waals surface area contributed by atoms with E-state index < -0.39 is 5.97 Å². The Bertz CT molecular complexity index is 386. The quantitative estimate of drug-likeness (QED) is 0.795. The zero-order chi connectivity index (χ0) is 13.5. The topological polar surface area (TPSA) is 37.3 Å². The van der Waals surface area contributed by atoms with Crippen molar-refractivity contribution in [1.82, 2.24) is 0 Å². The van der Waals surface area contributed by atoms with Gasteiger partial charge in [-0.1, -0.05) is 50.4 Å². The molecular formula is C15H21ClO2. The summed E-state index contributed by atoms with van der Waals surface area (Å²) in [6, 6.07) is 7.47. The van der Waals surface area contributed by atoms with Gasteiger partial charge in [0, 0.05) is 5.02 Å². The highest BCUT2D eigenvalue weighted by atomic mass is 35.5. The van der Waals surface area contributed by atoms with Gasteiger partial charge in [0.25, 0.3) is 0 Å². The average molecular weight is 269 g/mol. The van der Waals surface area contributed by atoms with Crippen LogP contribution in [0.1, 0.15) is 38.7 Å². The van der Waals surface area contributed by atoms with Gasteiger partial charge in [-0.15, -0.1) is 0 Å². The van der Waals surface area contributed by atoms with Crippen molar-refractivity contribution >= 4 is 17.6 Å². The predicted octanol–water partition coefficient (Wildman–Crippen LogP) is 4.41. The molecule has 1 atom stereocenters. The Labute approximate surface area is 114 Å². The molecule has 0 aliphatic rings. The largest absolute Gasteiger partial charge is 0.481 e. The molecule has 0 saturated heterocycles. The lowest BCUT2D eigenvalue weighted by Gasteiger charge is -2.18. The van der Waals surface area contributed by atoms with Gasteiger partial charge < -0.3 is 5.11 Å². The Hall–Kier alpha value is -1.02. The first-order valence-corrected chi connectivity index (χ1v) is 6.91. The molecule has 100 valence electrons. The molecule has 3 heteroatoms. The van der Waals surface area contributed by atoms with Crippen molar-refractivity contribution < 1.29 is 9.90 Å². The normalized spacial score (nSPS) is 12.7. The first kappa shape index (κ1) is 15.0. The van der Waals surface area contributed by atoms with Gasteiger partial charge in [0.1, 0.15) is 0 Å². The summed E-state index contributed by atoms with van der Waals surface area (Å²) in [4.78, 5) is 11.3. The van der Waals surface area contributed by atoms with Crippen LogP contribution in [0.15, 0.2) is 24.3 Å². The first-order valence-electron chi connectivity index (χ1n) is 6.54. The van der Waals surface area contributed by atoms with E-state index in [-0.39, 0.29) is 5.92 Å². The molecule has 0 amide bonds. The predicted molar refractivity (Wildman–Crippen MR) is 75.0 cm³/mol. The molecular weight excluding hydrogens is 248 g/mol. The highest BCUT2D eigenvalue weighted by Gasteiger charge is 2.21. The lowest BCUT2D eigenvalue weighted by Crippen LogP contribution is -2.20. The molecule has 1 unspecified atom stereocenters. The van der Waals surface area contributed by atoms with Gasteiger partial charge in [-0.2, -0.15) is 0 Å². The fourth-order valence-corrected chi connectivity index (χ4v) is 2.46. The van der Waals surface area contributed by atoms with E-state index in [4.69, 9.17) is 11.6 Å². The fourth-order valence-electron chi connectivity index (χ4n) is 2.24. The van der Waals surface area contributed by atoms with E-state index in [1.807, 2.05) is 24.3 Å². The van der Waals surface area contributed by atoms with Gasteiger partial charge in [-0.05, 0) is 36.5 Å². The molecule has 0 heterocycles. The van der Waals surface area contributed by atoms with Gasteiger partial charge >= 0.3 is 5.97 Å². The van der Waals surface area contributed by atoms with Crippen molar-refractivity contribution in [3.8, 4) is 0 Å². The lowest BCUT2D eigenvalue weighted by molar-refractivity contribution is -0.142. The number of rotatable bonds is 7. The molecule has 0 spiro atoms. The molecule has 0 aliphatic heterocycles. The molecule has 0 saturated carbocycles. The van der Waals surface area contributed by atoms with Gasteiger partial charge in [-0.25, -0.2) is 0 Å². The number of benzene rings is 1.